The Hall–Kier alpha value is -1.42. The van der Waals surface area contributed by atoms with Crippen LogP contribution in [0.4, 0.5) is 0 Å². The van der Waals surface area contributed by atoms with Crippen molar-refractivity contribution in [3.8, 4) is 10.6 Å². The molecule has 0 aromatic carbocycles. The minimum absolute atomic E-state index is 0.0502. The van der Waals surface area contributed by atoms with Crippen molar-refractivity contribution < 1.29 is 4.79 Å². The van der Waals surface area contributed by atoms with Gasteiger partial charge in [0, 0.05) is 17.4 Å². The SMILES string of the molecule is CC(=O)c1n[nH]c2c1CCc1cc(C)sc1-2. The van der Waals surface area contributed by atoms with Crippen molar-refractivity contribution in [1.82, 2.24) is 10.2 Å². The number of Topliss-reactive ketones (excluding diaryl/α,β-unsaturated/α-hetero) is 1. The maximum absolute atomic E-state index is 11.4. The van der Waals surface area contributed by atoms with E-state index in [2.05, 4.69) is 23.2 Å². The molecule has 2 aromatic rings. The topological polar surface area (TPSA) is 45.8 Å². The smallest absolute Gasteiger partial charge is 0.180 e. The minimum atomic E-state index is 0.0502. The predicted molar refractivity (Wildman–Crippen MR) is 64.1 cm³/mol. The van der Waals surface area contributed by atoms with Crippen LogP contribution in [0.2, 0.25) is 0 Å². The third kappa shape index (κ3) is 1.26. The molecular formula is C12H12N2OS. The highest BCUT2D eigenvalue weighted by Gasteiger charge is 2.24. The van der Waals surface area contributed by atoms with Gasteiger partial charge >= 0.3 is 0 Å². The van der Waals surface area contributed by atoms with Crippen molar-refractivity contribution in [2.24, 2.45) is 0 Å². The van der Waals surface area contributed by atoms with Gasteiger partial charge in [0.15, 0.2) is 5.78 Å². The molecule has 4 heteroatoms. The Morgan fingerprint density at radius 2 is 2.31 bits per heavy atom. The fourth-order valence-corrected chi connectivity index (χ4v) is 3.40. The normalized spacial score (nSPS) is 13.4. The molecule has 0 amide bonds. The molecule has 3 nitrogen and oxygen atoms in total. The van der Waals surface area contributed by atoms with Crippen molar-refractivity contribution in [2.75, 3.05) is 0 Å². The molecule has 0 aliphatic heterocycles. The largest absolute Gasteiger partial charge is 0.293 e. The monoisotopic (exact) mass is 232 g/mol. The van der Waals surface area contributed by atoms with Gasteiger partial charge in [-0.1, -0.05) is 0 Å². The predicted octanol–water partition coefficient (Wildman–Crippen LogP) is 2.75. The molecule has 82 valence electrons. The number of hydrogen-bond donors (Lipinski definition) is 1. The van der Waals surface area contributed by atoms with Gasteiger partial charge in [-0.2, -0.15) is 5.10 Å². The summed E-state index contributed by atoms with van der Waals surface area (Å²) in [7, 11) is 0. The number of fused-ring (bicyclic) bond motifs is 3. The molecule has 0 atom stereocenters. The number of H-pyrrole nitrogens is 1. The third-order valence-electron chi connectivity index (χ3n) is 3.00. The number of aromatic amines is 1. The first-order valence-corrected chi connectivity index (χ1v) is 6.16. The van der Waals surface area contributed by atoms with Gasteiger partial charge in [0.2, 0.25) is 0 Å². The second kappa shape index (κ2) is 3.28. The number of ketones is 1. The quantitative estimate of drug-likeness (QED) is 0.768. The second-order valence-electron chi connectivity index (χ2n) is 4.19. The lowest BCUT2D eigenvalue weighted by Gasteiger charge is -2.11. The van der Waals surface area contributed by atoms with Crippen LogP contribution in [0.15, 0.2) is 6.07 Å². The summed E-state index contributed by atoms with van der Waals surface area (Å²) in [6.07, 6.45) is 1.94. The van der Waals surface area contributed by atoms with Gasteiger partial charge in [-0.25, -0.2) is 0 Å². The Labute approximate surface area is 97.5 Å². The number of nitrogens with one attached hydrogen (secondary N) is 1. The van der Waals surface area contributed by atoms with Gasteiger partial charge in [0.1, 0.15) is 5.69 Å². The summed E-state index contributed by atoms with van der Waals surface area (Å²) < 4.78 is 0. The third-order valence-corrected chi connectivity index (χ3v) is 4.11. The maximum atomic E-state index is 11.4. The minimum Gasteiger partial charge on any atom is -0.293 e. The molecular weight excluding hydrogens is 220 g/mol. The van der Waals surface area contributed by atoms with Crippen molar-refractivity contribution in [1.29, 1.82) is 0 Å². The molecule has 2 heterocycles. The van der Waals surface area contributed by atoms with E-state index in [4.69, 9.17) is 0 Å². The van der Waals surface area contributed by atoms with E-state index < -0.39 is 0 Å². The molecule has 0 saturated carbocycles. The standard InChI is InChI=1S/C12H12N2OS/c1-6-5-8-3-4-9-10(7(2)15)13-14-11(9)12(8)16-6/h5H,3-4H2,1-2H3,(H,13,14). The highest BCUT2D eigenvalue weighted by atomic mass is 32.1. The van der Waals surface area contributed by atoms with Crippen LogP contribution in [0.25, 0.3) is 10.6 Å². The number of carbonyl (C=O) groups excluding carboxylic acids is 1. The molecule has 0 fully saturated rings. The highest BCUT2D eigenvalue weighted by Crippen LogP contribution is 2.39. The summed E-state index contributed by atoms with van der Waals surface area (Å²) in [5.74, 6) is 0.0502. The lowest BCUT2D eigenvalue weighted by atomic mass is 9.94. The van der Waals surface area contributed by atoms with Crippen LogP contribution in [-0.4, -0.2) is 16.0 Å². The van der Waals surface area contributed by atoms with Gasteiger partial charge in [-0.05, 0) is 31.4 Å². The van der Waals surface area contributed by atoms with Gasteiger partial charge in [0.25, 0.3) is 0 Å². The first-order valence-electron chi connectivity index (χ1n) is 5.34. The van der Waals surface area contributed by atoms with E-state index in [1.165, 1.54) is 15.3 Å². The summed E-state index contributed by atoms with van der Waals surface area (Å²) in [6.45, 7) is 3.69. The van der Waals surface area contributed by atoms with Crippen molar-refractivity contribution in [3.05, 3.63) is 27.8 Å². The average Bonchev–Trinajstić information content (AvgIpc) is 2.77. The van der Waals surface area contributed by atoms with Crippen molar-refractivity contribution >= 4 is 17.1 Å². The average molecular weight is 232 g/mol. The van der Waals surface area contributed by atoms with Crippen LogP contribution >= 0.6 is 11.3 Å². The Bertz CT molecular complexity index is 580. The van der Waals surface area contributed by atoms with E-state index in [0.29, 0.717) is 5.69 Å². The van der Waals surface area contributed by atoms with E-state index in [0.717, 1.165) is 24.1 Å². The summed E-state index contributed by atoms with van der Waals surface area (Å²) in [6, 6.07) is 2.23. The summed E-state index contributed by atoms with van der Waals surface area (Å²) in [5, 5.41) is 7.15. The number of rotatable bonds is 1. The van der Waals surface area contributed by atoms with Crippen LogP contribution in [0.3, 0.4) is 0 Å². The van der Waals surface area contributed by atoms with E-state index in [-0.39, 0.29) is 5.78 Å². The molecule has 0 unspecified atom stereocenters. The molecule has 1 aliphatic rings. The summed E-state index contributed by atoms with van der Waals surface area (Å²) in [5.41, 5.74) is 4.16. The van der Waals surface area contributed by atoms with E-state index in [1.807, 2.05) is 0 Å². The van der Waals surface area contributed by atoms with Gasteiger partial charge in [0.05, 0.1) is 10.6 Å². The van der Waals surface area contributed by atoms with Gasteiger partial charge < -0.3 is 0 Å². The number of aromatic nitrogens is 2. The number of aryl methyl sites for hydroxylation is 2. The molecule has 3 rings (SSSR count). The molecule has 0 saturated heterocycles. The van der Waals surface area contributed by atoms with Gasteiger partial charge in [-0.3, -0.25) is 9.89 Å². The van der Waals surface area contributed by atoms with Crippen LogP contribution in [0.5, 0.6) is 0 Å². The second-order valence-corrected chi connectivity index (χ2v) is 5.45. The summed E-state index contributed by atoms with van der Waals surface area (Å²) in [4.78, 5) is 14.0. The zero-order chi connectivity index (χ0) is 11.3. The van der Waals surface area contributed by atoms with Crippen molar-refractivity contribution in [2.45, 2.75) is 26.7 Å². The molecule has 2 aromatic heterocycles. The van der Waals surface area contributed by atoms with E-state index >= 15 is 0 Å². The molecule has 1 N–H and O–H groups in total. The highest BCUT2D eigenvalue weighted by molar-refractivity contribution is 7.15. The first-order chi connectivity index (χ1) is 7.66. The zero-order valence-corrected chi connectivity index (χ0v) is 10.1. The molecule has 0 spiro atoms. The molecule has 16 heavy (non-hydrogen) atoms. The zero-order valence-electron chi connectivity index (χ0n) is 9.26. The lowest BCUT2D eigenvalue weighted by molar-refractivity contribution is 0.101. The number of hydrogen-bond acceptors (Lipinski definition) is 3. The van der Waals surface area contributed by atoms with Crippen LogP contribution < -0.4 is 0 Å². The van der Waals surface area contributed by atoms with Crippen molar-refractivity contribution in [3.63, 3.8) is 0 Å². The molecule has 0 bridgehead atoms. The van der Waals surface area contributed by atoms with E-state index in [9.17, 15) is 4.79 Å². The van der Waals surface area contributed by atoms with E-state index in [1.54, 1.807) is 18.3 Å². The van der Waals surface area contributed by atoms with Crippen LogP contribution in [-0.2, 0) is 12.8 Å². The molecule has 1 aliphatic carbocycles. The Morgan fingerprint density at radius 3 is 3.06 bits per heavy atom. The van der Waals surface area contributed by atoms with Crippen LogP contribution in [0.1, 0.15) is 33.4 Å². The Balaban J connectivity index is 2.22. The lowest BCUT2D eigenvalue weighted by Crippen LogP contribution is -2.04. The Morgan fingerprint density at radius 1 is 1.50 bits per heavy atom. The Kier molecular flexibility index (Phi) is 2.01. The van der Waals surface area contributed by atoms with Crippen LogP contribution in [0, 0.1) is 6.92 Å². The molecule has 0 radical (unpaired) electrons. The number of nitrogens with zero attached hydrogens (tertiary/aromatic N) is 1. The summed E-state index contributed by atoms with van der Waals surface area (Å²) >= 11 is 1.78. The number of carbonyl (C=O) groups is 1. The maximum Gasteiger partial charge on any atom is 0.180 e. The van der Waals surface area contributed by atoms with Gasteiger partial charge in [-0.15, -0.1) is 11.3 Å². The fraction of sp³-hybridized carbons (Fsp3) is 0.333. The fourth-order valence-electron chi connectivity index (χ4n) is 2.31. The first kappa shape index (κ1) is 9.78. The number of thiophene rings is 1.